The van der Waals surface area contributed by atoms with Crippen molar-refractivity contribution >= 4 is 44.3 Å². The number of rotatable bonds is 4. The summed E-state index contributed by atoms with van der Waals surface area (Å²) in [6.45, 7) is 3.12. The van der Waals surface area contributed by atoms with Gasteiger partial charge in [-0.25, -0.2) is 9.97 Å². The van der Waals surface area contributed by atoms with Gasteiger partial charge in [-0.3, -0.25) is 9.48 Å². The minimum absolute atomic E-state index is 0.0376. The lowest BCUT2D eigenvalue weighted by Crippen LogP contribution is -2.47. The molecule has 2 aliphatic heterocycles. The molecular formula is C21H21BrN8O2. The second-order valence-electron chi connectivity index (χ2n) is 8.35. The average molecular weight is 497 g/mol. The van der Waals surface area contributed by atoms with E-state index < -0.39 is 6.04 Å². The smallest absolute Gasteiger partial charge is 0.245 e. The van der Waals surface area contributed by atoms with Crippen molar-refractivity contribution in [2.24, 2.45) is 7.05 Å². The van der Waals surface area contributed by atoms with Crippen LogP contribution in [0.5, 0.6) is 0 Å². The standard InChI is InChI=1S/C21H21BrN8O2/c1-11(20(31)29-9-14-6-13(29)10-32-14)24-21-25-17-15(4-3-5-16(17)22)19-26-18(27-30(19)21)12-7-23-28(2)8-12/h3-5,7-8,11,13-14H,6,9-10H2,1-2H3,(H,24,25)/t11?,13-,14-/m0/s1. The van der Waals surface area contributed by atoms with Crippen LogP contribution < -0.4 is 5.32 Å². The number of morpholine rings is 1. The molecule has 2 saturated heterocycles. The van der Waals surface area contributed by atoms with E-state index in [1.807, 2.05) is 43.3 Å². The van der Waals surface area contributed by atoms with Crippen LogP contribution in [0.1, 0.15) is 13.3 Å². The fourth-order valence-electron chi connectivity index (χ4n) is 4.52. The van der Waals surface area contributed by atoms with Crippen LogP contribution in [0.15, 0.2) is 35.1 Å². The van der Waals surface area contributed by atoms with Crippen molar-refractivity contribution in [3.8, 4) is 11.4 Å². The molecule has 3 atom stereocenters. The molecule has 0 spiro atoms. The number of fused-ring (bicyclic) bond motifs is 5. The Bertz CT molecular complexity index is 1360. The summed E-state index contributed by atoms with van der Waals surface area (Å²) in [4.78, 5) is 24.6. The Morgan fingerprint density at radius 2 is 2.22 bits per heavy atom. The van der Waals surface area contributed by atoms with E-state index in [1.54, 1.807) is 15.4 Å². The zero-order valence-electron chi connectivity index (χ0n) is 17.6. The minimum Gasteiger partial charge on any atom is -0.374 e. The first-order valence-corrected chi connectivity index (χ1v) is 11.3. The number of nitrogens with zero attached hydrogens (tertiary/aromatic N) is 7. The monoisotopic (exact) mass is 496 g/mol. The third-order valence-electron chi connectivity index (χ3n) is 6.12. The summed E-state index contributed by atoms with van der Waals surface area (Å²) < 4.78 is 9.86. The third-order valence-corrected chi connectivity index (χ3v) is 6.76. The van der Waals surface area contributed by atoms with E-state index in [0.29, 0.717) is 30.6 Å². The fourth-order valence-corrected chi connectivity index (χ4v) is 4.98. The molecule has 5 heterocycles. The van der Waals surface area contributed by atoms with Crippen LogP contribution in [-0.2, 0) is 16.6 Å². The Morgan fingerprint density at radius 1 is 1.34 bits per heavy atom. The number of hydrogen-bond acceptors (Lipinski definition) is 7. The predicted molar refractivity (Wildman–Crippen MR) is 121 cm³/mol. The first-order valence-electron chi connectivity index (χ1n) is 10.5. The molecular weight excluding hydrogens is 476 g/mol. The maximum atomic E-state index is 13.2. The summed E-state index contributed by atoms with van der Waals surface area (Å²) in [5, 5.41) is 13.1. The quantitative estimate of drug-likeness (QED) is 0.462. The number of anilines is 1. The van der Waals surface area contributed by atoms with Gasteiger partial charge < -0.3 is 15.0 Å². The molecule has 0 aliphatic carbocycles. The van der Waals surface area contributed by atoms with E-state index in [2.05, 4.69) is 26.3 Å². The molecule has 1 N–H and O–H groups in total. The number of aromatic nitrogens is 6. The first-order chi connectivity index (χ1) is 15.5. The summed E-state index contributed by atoms with van der Waals surface area (Å²) in [6, 6.07) is 5.53. The number of halogens is 1. The number of carbonyl (C=O) groups excluding carboxylic acids is 1. The highest BCUT2D eigenvalue weighted by atomic mass is 79.9. The van der Waals surface area contributed by atoms with Gasteiger partial charge in [0.05, 0.1) is 36.0 Å². The lowest BCUT2D eigenvalue weighted by molar-refractivity contribution is -0.136. The van der Waals surface area contributed by atoms with E-state index in [-0.39, 0.29) is 18.1 Å². The maximum Gasteiger partial charge on any atom is 0.245 e. The van der Waals surface area contributed by atoms with Gasteiger partial charge in [0.25, 0.3) is 0 Å². The van der Waals surface area contributed by atoms with Crippen LogP contribution in [0.3, 0.4) is 0 Å². The highest BCUT2D eigenvalue weighted by molar-refractivity contribution is 9.10. The summed E-state index contributed by atoms with van der Waals surface area (Å²) in [7, 11) is 1.85. The van der Waals surface area contributed by atoms with Gasteiger partial charge in [0, 0.05) is 29.6 Å². The Balaban J connectivity index is 1.42. The van der Waals surface area contributed by atoms with Crippen molar-refractivity contribution in [3.63, 3.8) is 0 Å². The second kappa shape index (κ2) is 7.24. The highest BCUT2D eigenvalue weighted by Crippen LogP contribution is 2.30. The second-order valence-corrected chi connectivity index (χ2v) is 9.20. The van der Waals surface area contributed by atoms with Gasteiger partial charge >= 0.3 is 0 Å². The third kappa shape index (κ3) is 3.06. The van der Waals surface area contributed by atoms with Gasteiger partial charge in [0.1, 0.15) is 6.04 Å². The molecule has 11 heteroatoms. The average Bonchev–Trinajstić information content (AvgIpc) is 3.57. The van der Waals surface area contributed by atoms with E-state index >= 15 is 0 Å². The van der Waals surface area contributed by atoms with Gasteiger partial charge in [-0.05, 0) is 41.4 Å². The fraction of sp³-hybridized carbons (Fsp3) is 0.381. The summed E-state index contributed by atoms with van der Waals surface area (Å²) in [5.74, 6) is 1.04. The molecule has 164 valence electrons. The molecule has 1 unspecified atom stereocenters. The van der Waals surface area contributed by atoms with Crippen LogP contribution >= 0.6 is 15.9 Å². The van der Waals surface area contributed by atoms with Crippen LogP contribution in [0.2, 0.25) is 0 Å². The largest absolute Gasteiger partial charge is 0.374 e. The maximum absolute atomic E-state index is 13.2. The van der Waals surface area contributed by atoms with Gasteiger partial charge in [-0.2, -0.15) is 9.61 Å². The molecule has 32 heavy (non-hydrogen) atoms. The number of nitrogens with one attached hydrogen (secondary N) is 1. The zero-order valence-corrected chi connectivity index (χ0v) is 19.2. The number of benzene rings is 1. The van der Waals surface area contributed by atoms with Gasteiger partial charge in [-0.15, -0.1) is 5.10 Å². The number of aryl methyl sites for hydroxylation is 1. The Kier molecular flexibility index (Phi) is 4.44. The van der Waals surface area contributed by atoms with Crippen molar-refractivity contribution in [3.05, 3.63) is 35.1 Å². The zero-order chi connectivity index (χ0) is 22.0. The van der Waals surface area contributed by atoms with Crippen molar-refractivity contribution in [2.75, 3.05) is 18.5 Å². The Morgan fingerprint density at radius 3 is 2.94 bits per heavy atom. The first kappa shape index (κ1) is 19.6. The lowest BCUT2D eigenvalue weighted by Gasteiger charge is -2.29. The van der Waals surface area contributed by atoms with Crippen LogP contribution in [0, 0.1) is 0 Å². The van der Waals surface area contributed by atoms with Crippen molar-refractivity contribution in [1.29, 1.82) is 0 Å². The molecule has 2 bridgehead atoms. The Labute approximate surface area is 191 Å². The van der Waals surface area contributed by atoms with Crippen LogP contribution in [0.4, 0.5) is 5.95 Å². The van der Waals surface area contributed by atoms with Crippen molar-refractivity contribution < 1.29 is 9.53 Å². The topological polar surface area (TPSA) is 102 Å². The molecule has 2 fully saturated rings. The summed E-state index contributed by atoms with van der Waals surface area (Å²) >= 11 is 3.59. The normalized spacial score (nSPS) is 21.0. The van der Waals surface area contributed by atoms with E-state index in [4.69, 9.17) is 19.8 Å². The van der Waals surface area contributed by atoms with Crippen LogP contribution in [0.25, 0.3) is 27.9 Å². The number of carbonyl (C=O) groups is 1. The molecule has 10 nitrogen and oxygen atoms in total. The van der Waals surface area contributed by atoms with Gasteiger partial charge in [0.2, 0.25) is 11.9 Å². The Hall–Kier alpha value is -3.05. The van der Waals surface area contributed by atoms with Gasteiger partial charge in [0.15, 0.2) is 11.5 Å². The molecule has 6 rings (SSSR count). The SMILES string of the molecule is CC(Nc1nc2c(Br)cccc2c2nc(-c3cnn(C)c3)nn12)C(=O)N1C[C@@H]2C[C@H]1CO2. The predicted octanol–water partition coefficient (Wildman–Crippen LogP) is 2.24. The molecule has 0 saturated carbocycles. The number of likely N-dealkylation sites (tertiary alicyclic amines) is 1. The number of para-hydroxylation sites is 1. The molecule has 0 radical (unpaired) electrons. The van der Waals surface area contributed by atoms with Gasteiger partial charge in [-0.1, -0.05) is 6.07 Å². The van der Waals surface area contributed by atoms with E-state index in [9.17, 15) is 4.79 Å². The molecule has 1 amide bonds. The number of hydrogen-bond donors (Lipinski definition) is 1. The molecule has 1 aromatic carbocycles. The van der Waals surface area contributed by atoms with Crippen molar-refractivity contribution in [2.45, 2.75) is 31.5 Å². The van der Waals surface area contributed by atoms with Crippen molar-refractivity contribution in [1.82, 2.24) is 34.3 Å². The molecule has 4 aromatic rings. The number of ether oxygens (including phenoxy) is 1. The van der Waals surface area contributed by atoms with Crippen LogP contribution in [-0.4, -0.2) is 71.5 Å². The minimum atomic E-state index is -0.476. The number of amides is 1. The molecule has 3 aromatic heterocycles. The lowest BCUT2D eigenvalue weighted by atomic mass is 10.2. The summed E-state index contributed by atoms with van der Waals surface area (Å²) in [5.41, 5.74) is 2.22. The molecule has 2 aliphatic rings. The van der Waals surface area contributed by atoms with E-state index in [0.717, 1.165) is 27.4 Å². The summed E-state index contributed by atoms with van der Waals surface area (Å²) in [6.07, 6.45) is 4.67. The van der Waals surface area contributed by atoms with E-state index in [1.165, 1.54) is 0 Å². The highest BCUT2D eigenvalue weighted by Gasteiger charge is 2.42.